The van der Waals surface area contributed by atoms with Gasteiger partial charge in [-0.2, -0.15) is 0 Å². The second-order valence-corrected chi connectivity index (χ2v) is 6.11. The van der Waals surface area contributed by atoms with Gasteiger partial charge in [0, 0.05) is 9.58 Å². The topological polar surface area (TPSA) is 70.5 Å². The monoisotopic (exact) mass is 314 g/mol. The highest BCUT2D eigenvalue weighted by molar-refractivity contribution is 7.19. The van der Waals surface area contributed by atoms with E-state index < -0.39 is 6.17 Å². The molecule has 0 aliphatic heterocycles. The van der Waals surface area contributed by atoms with Crippen molar-refractivity contribution in [3.63, 3.8) is 0 Å². The molecular formula is C17H18N2O2S. The minimum atomic E-state index is -0.429. The first-order valence-corrected chi connectivity index (χ1v) is 7.71. The van der Waals surface area contributed by atoms with Gasteiger partial charge >= 0.3 is 0 Å². The Morgan fingerprint density at radius 3 is 2.23 bits per heavy atom. The zero-order chi connectivity index (χ0) is 15.7. The van der Waals surface area contributed by atoms with Gasteiger partial charge in [0.15, 0.2) is 11.5 Å². The molecule has 0 atom stereocenters. The Morgan fingerprint density at radius 2 is 1.55 bits per heavy atom. The summed E-state index contributed by atoms with van der Waals surface area (Å²) >= 11 is 1.63. The minimum Gasteiger partial charge on any atom is -0.493 e. The van der Waals surface area contributed by atoms with Crippen molar-refractivity contribution in [2.45, 2.75) is 6.17 Å². The van der Waals surface area contributed by atoms with E-state index >= 15 is 0 Å². The zero-order valence-electron chi connectivity index (χ0n) is 12.5. The Balaban J connectivity index is 2.06. The van der Waals surface area contributed by atoms with Crippen LogP contribution in [0.4, 0.5) is 0 Å². The smallest absolute Gasteiger partial charge is 0.161 e. The van der Waals surface area contributed by atoms with Crippen LogP contribution in [0.1, 0.15) is 11.0 Å². The van der Waals surface area contributed by atoms with Crippen LogP contribution in [0, 0.1) is 0 Å². The number of rotatable bonds is 4. The molecule has 0 fully saturated rings. The summed E-state index contributed by atoms with van der Waals surface area (Å²) in [7, 11) is 3.27. The van der Waals surface area contributed by atoms with Gasteiger partial charge in [0.1, 0.15) is 0 Å². The van der Waals surface area contributed by atoms with E-state index in [9.17, 15) is 0 Å². The molecule has 0 radical (unpaired) electrons. The molecule has 4 nitrogen and oxygen atoms in total. The molecule has 4 N–H and O–H groups in total. The van der Waals surface area contributed by atoms with Crippen molar-refractivity contribution >= 4 is 21.4 Å². The van der Waals surface area contributed by atoms with Gasteiger partial charge in [-0.15, -0.1) is 11.3 Å². The van der Waals surface area contributed by atoms with E-state index in [2.05, 4.69) is 24.3 Å². The molecule has 1 aromatic heterocycles. The molecule has 0 saturated carbocycles. The summed E-state index contributed by atoms with van der Waals surface area (Å²) < 4.78 is 11.8. The predicted molar refractivity (Wildman–Crippen MR) is 91.5 cm³/mol. The van der Waals surface area contributed by atoms with Crippen molar-refractivity contribution in [1.29, 1.82) is 0 Å². The number of nitrogens with two attached hydrogens (primary N) is 2. The van der Waals surface area contributed by atoms with Crippen LogP contribution in [-0.4, -0.2) is 14.2 Å². The average molecular weight is 314 g/mol. The first-order valence-electron chi connectivity index (χ1n) is 6.89. The number of ether oxygens (including phenoxy) is 2. The lowest BCUT2D eigenvalue weighted by Crippen LogP contribution is -2.18. The number of hydrogen-bond donors (Lipinski definition) is 2. The number of fused-ring (bicyclic) bond motifs is 1. The van der Waals surface area contributed by atoms with Crippen LogP contribution in [0.2, 0.25) is 0 Å². The zero-order valence-corrected chi connectivity index (χ0v) is 13.3. The summed E-state index contributed by atoms with van der Waals surface area (Å²) in [5.74, 6) is 1.44. The molecule has 5 heteroatoms. The quantitative estimate of drug-likeness (QED) is 0.723. The van der Waals surface area contributed by atoms with Gasteiger partial charge < -0.3 is 20.9 Å². The molecule has 0 aliphatic carbocycles. The molecule has 0 spiro atoms. The molecule has 0 amide bonds. The Labute approximate surface area is 133 Å². The Bertz CT molecular complexity index is 812. The van der Waals surface area contributed by atoms with Crippen LogP contribution in [0.15, 0.2) is 42.5 Å². The number of thiophene rings is 1. The highest BCUT2D eigenvalue weighted by atomic mass is 32.1. The van der Waals surface area contributed by atoms with Gasteiger partial charge in [0.2, 0.25) is 0 Å². The van der Waals surface area contributed by atoms with Crippen LogP contribution in [0.3, 0.4) is 0 Å². The molecule has 0 bridgehead atoms. The second kappa shape index (κ2) is 5.96. The summed E-state index contributed by atoms with van der Waals surface area (Å²) in [5.41, 5.74) is 13.7. The maximum absolute atomic E-state index is 5.75. The lowest BCUT2D eigenvalue weighted by molar-refractivity contribution is 0.355. The number of hydrogen-bond acceptors (Lipinski definition) is 5. The molecule has 0 unspecified atom stereocenters. The SMILES string of the molecule is COc1ccc(-c2ccc3sc(C(N)N)cc3c2)cc1OC. The fourth-order valence-corrected chi connectivity index (χ4v) is 3.37. The first-order chi connectivity index (χ1) is 10.6. The van der Waals surface area contributed by atoms with E-state index in [-0.39, 0.29) is 0 Å². The maximum Gasteiger partial charge on any atom is 0.161 e. The fourth-order valence-electron chi connectivity index (χ4n) is 2.42. The van der Waals surface area contributed by atoms with Crippen molar-refractivity contribution in [2.75, 3.05) is 14.2 Å². The second-order valence-electron chi connectivity index (χ2n) is 5.00. The predicted octanol–water partition coefficient (Wildman–Crippen LogP) is 3.50. The van der Waals surface area contributed by atoms with Crippen LogP contribution in [0.25, 0.3) is 21.2 Å². The summed E-state index contributed by atoms with van der Waals surface area (Å²) in [5, 5.41) is 1.15. The third-order valence-electron chi connectivity index (χ3n) is 3.58. The molecule has 0 aliphatic rings. The van der Waals surface area contributed by atoms with Crippen molar-refractivity contribution < 1.29 is 9.47 Å². The normalized spacial score (nSPS) is 11.1. The molecule has 0 saturated heterocycles. The molecule has 2 aromatic carbocycles. The third kappa shape index (κ3) is 2.66. The van der Waals surface area contributed by atoms with Crippen LogP contribution in [0.5, 0.6) is 11.5 Å². The van der Waals surface area contributed by atoms with E-state index in [0.29, 0.717) is 0 Å². The molecule has 3 aromatic rings. The van der Waals surface area contributed by atoms with Crippen molar-refractivity contribution in [2.24, 2.45) is 11.5 Å². The van der Waals surface area contributed by atoms with Gasteiger partial charge in [0.05, 0.1) is 20.4 Å². The molecule has 1 heterocycles. The van der Waals surface area contributed by atoms with Crippen LogP contribution in [-0.2, 0) is 0 Å². The fraction of sp³-hybridized carbons (Fsp3) is 0.176. The van der Waals surface area contributed by atoms with Gasteiger partial charge in [-0.1, -0.05) is 12.1 Å². The van der Waals surface area contributed by atoms with Crippen LogP contribution >= 0.6 is 11.3 Å². The average Bonchev–Trinajstić information content (AvgIpc) is 2.97. The number of methoxy groups -OCH3 is 2. The summed E-state index contributed by atoms with van der Waals surface area (Å²) in [4.78, 5) is 0.986. The molecule has 114 valence electrons. The maximum atomic E-state index is 5.75. The van der Waals surface area contributed by atoms with E-state index in [1.807, 2.05) is 18.2 Å². The highest BCUT2D eigenvalue weighted by Crippen LogP contribution is 2.35. The molecule has 22 heavy (non-hydrogen) atoms. The minimum absolute atomic E-state index is 0.429. The van der Waals surface area contributed by atoms with Gasteiger partial charge in [0.25, 0.3) is 0 Å². The Hall–Kier alpha value is -2.08. The highest BCUT2D eigenvalue weighted by Gasteiger charge is 2.09. The summed E-state index contributed by atoms with van der Waals surface area (Å²) in [6.07, 6.45) is -0.429. The van der Waals surface area contributed by atoms with Gasteiger partial charge in [-0.25, -0.2) is 0 Å². The van der Waals surface area contributed by atoms with E-state index in [1.165, 1.54) is 4.70 Å². The lowest BCUT2D eigenvalue weighted by atomic mass is 10.0. The van der Waals surface area contributed by atoms with Crippen molar-refractivity contribution in [1.82, 2.24) is 0 Å². The van der Waals surface area contributed by atoms with E-state index in [0.717, 1.165) is 32.9 Å². The van der Waals surface area contributed by atoms with E-state index in [4.69, 9.17) is 20.9 Å². The summed E-state index contributed by atoms with van der Waals surface area (Å²) in [6, 6.07) is 14.3. The first kappa shape index (κ1) is 14.8. The van der Waals surface area contributed by atoms with Crippen molar-refractivity contribution in [3.05, 3.63) is 47.3 Å². The molecular weight excluding hydrogens is 296 g/mol. The van der Waals surface area contributed by atoms with Crippen LogP contribution < -0.4 is 20.9 Å². The van der Waals surface area contributed by atoms with Gasteiger partial charge in [-0.3, -0.25) is 0 Å². The Morgan fingerprint density at radius 1 is 0.864 bits per heavy atom. The van der Waals surface area contributed by atoms with Crippen molar-refractivity contribution in [3.8, 4) is 22.6 Å². The lowest BCUT2D eigenvalue weighted by Gasteiger charge is -2.09. The Kier molecular flexibility index (Phi) is 4.02. The summed E-state index contributed by atoms with van der Waals surface area (Å²) in [6.45, 7) is 0. The largest absolute Gasteiger partial charge is 0.493 e. The number of benzene rings is 2. The third-order valence-corrected chi connectivity index (χ3v) is 4.80. The van der Waals surface area contributed by atoms with E-state index in [1.54, 1.807) is 25.6 Å². The standard InChI is InChI=1S/C17H18N2O2S/c1-20-13-5-3-11(8-14(13)21-2)10-4-6-15-12(7-10)9-16(22-15)17(18)19/h3-9,17H,18-19H2,1-2H3. The molecule has 3 rings (SSSR count). The van der Waals surface area contributed by atoms with Gasteiger partial charge in [-0.05, 0) is 46.8 Å².